The molecule has 0 radical (unpaired) electrons. The van der Waals surface area contributed by atoms with Gasteiger partial charge in [0, 0.05) is 24.7 Å². The number of nitrogens with one attached hydrogen (secondary N) is 1. The zero-order chi connectivity index (χ0) is 14.7. The Morgan fingerprint density at radius 3 is 2.65 bits per heavy atom. The molecule has 0 aliphatic heterocycles. The number of hydrogen-bond donors (Lipinski definition) is 1. The standard InChI is InChI=1S/C13H9BrF2N2O2/c14-10-5-12(16)13(6-11(10)15)17-7-8-2-1-3-9(4-8)18(19)20/h1-6,17H,7H2. The minimum absolute atomic E-state index is 0.00259. The Morgan fingerprint density at radius 1 is 1.20 bits per heavy atom. The van der Waals surface area contributed by atoms with Gasteiger partial charge in [-0.1, -0.05) is 12.1 Å². The molecule has 0 heterocycles. The SMILES string of the molecule is O=[N+]([O-])c1cccc(CNc2cc(F)c(Br)cc2F)c1. The van der Waals surface area contributed by atoms with E-state index in [4.69, 9.17) is 0 Å². The normalized spacial score (nSPS) is 10.3. The predicted molar refractivity (Wildman–Crippen MR) is 74.5 cm³/mol. The molecule has 7 heteroatoms. The molecule has 0 unspecified atom stereocenters. The number of benzene rings is 2. The van der Waals surface area contributed by atoms with E-state index in [1.54, 1.807) is 6.07 Å². The molecule has 0 fully saturated rings. The smallest absolute Gasteiger partial charge is 0.269 e. The number of nitrogens with zero attached hydrogens (tertiary/aromatic N) is 1. The van der Waals surface area contributed by atoms with Crippen LogP contribution in [0.4, 0.5) is 20.2 Å². The molecule has 104 valence electrons. The Balaban J connectivity index is 2.15. The molecule has 0 bridgehead atoms. The number of halogens is 3. The summed E-state index contributed by atoms with van der Waals surface area (Å²) in [5.74, 6) is -1.20. The van der Waals surface area contributed by atoms with Gasteiger partial charge in [0.2, 0.25) is 0 Å². The summed E-state index contributed by atoms with van der Waals surface area (Å²) in [6.45, 7) is 0.152. The van der Waals surface area contributed by atoms with E-state index in [2.05, 4.69) is 21.2 Å². The molecule has 0 spiro atoms. The molecule has 2 aromatic carbocycles. The first-order valence-electron chi connectivity index (χ1n) is 5.59. The van der Waals surface area contributed by atoms with Crippen LogP contribution in [0.15, 0.2) is 40.9 Å². The van der Waals surface area contributed by atoms with E-state index < -0.39 is 16.6 Å². The predicted octanol–water partition coefficient (Wildman–Crippen LogP) is 4.25. The average Bonchev–Trinajstić information content (AvgIpc) is 2.41. The van der Waals surface area contributed by atoms with Gasteiger partial charge in [0.25, 0.3) is 5.69 Å². The summed E-state index contributed by atoms with van der Waals surface area (Å²) in [6.07, 6.45) is 0. The molecule has 0 saturated carbocycles. The van der Waals surface area contributed by atoms with Crippen LogP contribution in [0.1, 0.15) is 5.56 Å². The van der Waals surface area contributed by atoms with Crippen molar-refractivity contribution in [2.45, 2.75) is 6.54 Å². The van der Waals surface area contributed by atoms with E-state index in [1.807, 2.05) is 0 Å². The van der Waals surface area contributed by atoms with Gasteiger partial charge in [-0.15, -0.1) is 0 Å². The fraction of sp³-hybridized carbons (Fsp3) is 0.0769. The second kappa shape index (κ2) is 5.96. The lowest BCUT2D eigenvalue weighted by Gasteiger charge is -2.08. The van der Waals surface area contributed by atoms with Gasteiger partial charge in [-0.05, 0) is 27.6 Å². The van der Waals surface area contributed by atoms with Crippen molar-refractivity contribution in [2.24, 2.45) is 0 Å². The number of nitro groups is 1. The molecule has 0 aliphatic carbocycles. The lowest BCUT2D eigenvalue weighted by molar-refractivity contribution is -0.384. The third-order valence-electron chi connectivity index (χ3n) is 2.61. The second-order valence-electron chi connectivity index (χ2n) is 4.03. The quantitative estimate of drug-likeness (QED) is 0.513. The summed E-state index contributed by atoms with van der Waals surface area (Å²) in [5, 5.41) is 13.3. The highest BCUT2D eigenvalue weighted by atomic mass is 79.9. The van der Waals surface area contributed by atoms with Crippen molar-refractivity contribution in [3.05, 3.63) is 68.2 Å². The number of non-ortho nitro benzene ring substituents is 1. The first-order valence-corrected chi connectivity index (χ1v) is 6.38. The molecule has 0 aliphatic rings. The molecular weight excluding hydrogens is 334 g/mol. The molecule has 20 heavy (non-hydrogen) atoms. The van der Waals surface area contributed by atoms with E-state index in [-0.39, 0.29) is 22.4 Å². The molecule has 4 nitrogen and oxygen atoms in total. The van der Waals surface area contributed by atoms with Gasteiger partial charge >= 0.3 is 0 Å². The summed E-state index contributed by atoms with van der Waals surface area (Å²) in [4.78, 5) is 10.1. The van der Waals surface area contributed by atoms with Gasteiger partial charge in [0.05, 0.1) is 15.1 Å². The average molecular weight is 343 g/mol. The van der Waals surface area contributed by atoms with Crippen LogP contribution >= 0.6 is 15.9 Å². The number of rotatable bonds is 4. The van der Waals surface area contributed by atoms with Crippen molar-refractivity contribution in [2.75, 3.05) is 5.32 Å². The minimum Gasteiger partial charge on any atom is -0.379 e. The number of nitro benzene ring substituents is 1. The lowest BCUT2D eigenvalue weighted by Crippen LogP contribution is -2.02. The summed E-state index contributed by atoms with van der Waals surface area (Å²) < 4.78 is 26.9. The van der Waals surface area contributed by atoms with Crippen molar-refractivity contribution in [3.63, 3.8) is 0 Å². The van der Waals surface area contributed by atoms with Crippen molar-refractivity contribution in [1.29, 1.82) is 0 Å². The van der Waals surface area contributed by atoms with Crippen molar-refractivity contribution in [1.82, 2.24) is 0 Å². The van der Waals surface area contributed by atoms with Crippen LogP contribution in [0.25, 0.3) is 0 Å². The fourth-order valence-corrected chi connectivity index (χ4v) is 1.95. The molecule has 2 rings (SSSR count). The zero-order valence-electron chi connectivity index (χ0n) is 10.1. The van der Waals surface area contributed by atoms with Crippen molar-refractivity contribution >= 4 is 27.3 Å². The van der Waals surface area contributed by atoms with E-state index in [0.29, 0.717) is 5.56 Å². The second-order valence-corrected chi connectivity index (χ2v) is 4.88. The monoisotopic (exact) mass is 342 g/mol. The van der Waals surface area contributed by atoms with Gasteiger partial charge < -0.3 is 5.32 Å². The Hall–Kier alpha value is -2.02. The fourth-order valence-electron chi connectivity index (χ4n) is 1.64. The molecule has 2 aromatic rings. The maximum atomic E-state index is 13.6. The van der Waals surface area contributed by atoms with E-state index >= 15 is 0 Å². The van der Waals surface area contributed by atoms with Crippen LogP contribution in [-0.2, 0) is 6.54 Å². The van der Waals surface area contributed by atoms with E-state index in [1.165, 1.54) is 18.2 Å². The van der Waals surface area contributed by atoms with Gasteiger partial charge in [-0.2, -0.15) is 0 Å². The summed E-state index contributed by atoms with van der Waals surface area (Å²) >= 11 is 2.88. The minimum atomic E-state index is -0.608. The molecule has 0 aromatic heterocycles. The molecule has 1 N–H and O–H groups in total. The largest absolute Gasteiger partial charge is 0.379 e. The van der Waals surface area contributed by atoms with Crippen LogP contribution in [0.2, 0.25) is 0 Å². The van der Waals surface area contributed by atoms with Crippen LogP contribution in [0, 0.1) is 21.7 Å². The van der Waals surface area contributed by atoms with E-state index in [0.717, 1.165) is 12.1 Å². The van der Waals surface area contributed by atoms with Gasteiger partial charge in [0.1, 0.15) is 11.6 Å². The summed E-state index contributed by atoms with van der Waals surface area (Å²) in [7, 11) is 0. The zero-order valence-corrected chi connectivity index (χ0v) is 11.7. The van der Waals surface area contributed by atoms with Gasteiger partial charge in [-0.3, -0.25) is 10.1 Å². The molecule has 0 saturated heterocycles. The van der Waals surface area contributed by atoms with Crippen LogP contribution in [0.3, 0.4) is 0 Å². The molecule has 0 atom stereocenters. The highest BCUT2D eigenvalue weighted by molar-refractivity contribution is 9.10. The van der Waals surface area contributed by atoms with Crippen LogP contribution in [-0.4, -0.2) is 4.92 Å². The Bertz CT molecular complexity index is 665. The Morgan fingerprint density at radius 2 is 1.95 bits per heavy atom. The third-order valence-corrected chi connectivity index (χ3v) is 3.22. The Kier molecular flexibility index (Phi) is 4.29. The highest BCUT2D eigenvalue weighted by Gasteiger charge is 2.09. The van der Waals surface area contributed by atoms with Gasteiger partial charge in [-0.25, -0.2) is 8.78 Å². The number of hydrogen-bond acceptors (Lipinski definition) is 3. The maximum Gasteiger partial charge on any atom is 0.269 e. The van der Waals surface area contributed by atoms with E-state index in [9.17, 15) is 18.9 Å². The first-order chi connectivity index (χ1) is 9.47. The van der Waals surface area contributed by atoms with Crippen molar-refractivity contribution in [3.8, 4) is 0 Å². The highest BCUT2D eigenvalue weighted by Crippen LogP contribution is 2.24. The molecular formula is C13H9BrF2N2O2. The summed E-state index contributed by atoms with van der Waals surface area (Å²) in [6, 6.07) is 7.98. The molecule has 0 amide bonds. The lowest BCUT2D eigenvalue weighted by atomic mass is 10.2. The van der Waals surface area contributed by atoms with Crippen LogP contribution in [0.5, 0.6) is 0 Å². The summed E-state index contributed by atoms with van der Waals surface area (Å²) in [5.41, 5.74) is 0.547. The maximum absolute atomic E-state index is 13.6. The number of anilines is 1. The van der Waals surface area contributed by atoms with Crippen molar-refractivity contribution < 1.29 is 13.7 Å². The first kappa shape index (κ1) is 14.4. The van der Waals surface area contributed by atoms with Gasteiger partial charge in [0.15, 0.2) is 0 Å². The third kappa shape index (κ3) is 3.30. The topological polar surface area (TPSA) is 55.2 Å². The Labute approximate surface area is 121 Å². The van der Waals surface area contributed by atoms with Crippen LogP contribution < -0.4 is 5.32 Å².